The lowest BCUT2D eigenvalue weighted by Gasteiger charge is -2.36. The minimum absolute atomic E-state index is 0.0353. The Kier molecular flexibility index (Phi) is 5.69. The molecule has 1 aliphatic carbocycles. The highest BCUT2D eigenvalue weighted by molar-refractivity contribution is 6.05. The van der Waals surface area contributed by atoms with Gasteiger partial charge < -0.3 is 14.8 Å². The summed E-state index contributed by atoms with van der Waals surface area (Å²) < 4.78 is 42.9. The molecule has 0 aromatic carbocycles. The molecule has 0 bridgehead atoms. The Morgan fingerprint density at radius 3 is 2.54 bits per heavy atom. The number of imidazole rings is 1. The molecule has 7 nitrogen and oxygen atoms in total. The van der Waals surface area contributed by atoms with E-state index < -0.39 is 11.9 Å². The molecule has 35 heavy (non-hydrogen) atoms. The van der Waals surface area contributed by atoms with Crippen LogP contribution >= 0.6 is 0 Å². The number of carbonyl (C=O) groups excluding carboxylic acids is 1. The van der Waals surface area contributed by atoms with E-state index in [0.717, 1.165) is 43.1 Å². The van der Waals surface area contributed by atoms with E-state index in [1.807, 2.05) is 48.8 Å². The average molecular weight is 485 g/mol. The van der Waals surface area contributed by atoms with Crippen molar-refractivity contribution in [1.82, 2.24) is 24.3 Å². The molecule has 4 heterocycles. The third-order valence-corrected chi connectivity index (χ3v) is 6.92. The Morgan fingerprint density at radius 2 is 1.83 bits per heavy atom. The summed E-state index contributed by atoms with van der Waals surface area (Å²) in [5.74, 6) is 0.531. The summed E-state index contributed by atoms with van der Waals surface area (Å²) >= 11 is 0. The highest BCUT2D eigenvalue weighted by atomic mass is 19.4. The monoisotopic (exact) mass is 484 g/mol. The first-order valence-corrected chi connectivity index (χ1v) is 11.6. The molecule has 4 aromatic heterocycles. The zero-order valence-corrected chi connectivity index (χ0v) is 19.8. The zero-order valence-electron chi connectivity index (χ0n) is 19.8. The largest absolute Gasteiger partial charge is 0.434 e. The maximum Gasteiger partial charge on any atom is 0.434 e. The van der Waals surface area contributed by atoms with Crippen LogP contribution in [0.3, 0.4) is 0 Å². The van der Waals surface area contributed by atoms with Crippen LogP contribution in [0.15, 0.2) is 42.7 Å². The number of nitrogens with zero attached hydrogens (tertiary/aromatic N) is 5. The SMILES string of the molecule is Cc1ccc2c(n1)c(C(=O)NC1CCC(N(C)c3cccc4nc(C(F)(F)F)cn34)CC1)cn2C. The van der Waals surface area contributed by atoms with E-state index in [-0.39, 0.29) is 23.6 Å². The lowest BCUT2D eigenvalue weighted by molar-refractivity contribution is -0.140. The smallest absolute Gasteiger partial charge is 0.358 e. The number of aryl methyl sites for hydroxylation is 2. The fourth-order valence-corrected chi connectivity index (χ4v) is 5.00. The summed E-state index contributed by atoms with van der Waals surface area (Å²) in [4.78, 5) is 23.3. The van der Waals surface area contributed by atoms with Crippen molar-refractivity contribution < 1.29 is 18.0 Å². The predicted molar refractivity (Wildman–Crippen MR) is 128 cm³/mol. The Hall–Kier alpha value is -3.56. The first-order valence-electron chi connectivity index (χ1n) is 11.6. The Morgan fingerprint density at radius 1 is 1.09 bits per heavy atom. The highest BCUT2D eigenvalue weighted by Crippen LogP contribution is 2.32. The van der Waals surface area contributed by atoms with Gasteiger partial charge in [0.05, 0.1) is 11.1 Å². The Labute approximate surface area is 200 Å². The van der Waals surface area contributed by atoms with Gasteiger partial charge in [0.25, 0.3) is 5.91 Å². The van der Waals surface area contributed by atoms with Crippen molar-refractivity contribution in [2.24, 2.45) is 7.05 Å². The van der Waals surface area contributed by atoms with Crippen LogP contribution in [0.1, 0.15) is 47.4 Å². The summed E-state index contributed by atoms with van der Waals surface area (Å²) in [6.07, 6.45) is 1.56. The van der Waals surface area contributed by atoms with Crippen LogP contribution in [0.5, 0.6) is 0 Å². The third-order valence-electron chi connectivity index (χ3n) is 6.92. The van der Waals surface area contributed by atoms with Gasteiger partial charge in [-0.25, -0.2) is 4.98 Å². The second-order valence-electron chi connectivity index (χ2n) is 9.30. The number of halogens is 3. The molecule has 0 saturated heterocycles. The standard InChI is InChI=1S/C25H27F3N6O/c1-15-7-12-19-23(29-15)18(13-32(19)2)24(35)30-16-8-10-17(11-9-16)33(3)22-6-4-5-21-31-20(14-34(21)22)25(26,27)28/h4-7,12-14,16-17H,8-11H2,1-3H3,(H,30,35). The molecule has 0 radical (unpaired) electrons. The van der Waals surface area contributed by atoms with Crippen molar-refractivity contribution in [1.29, 1.82) is 0 Å². The number of fused-ring (bicyclic) bond motifs is 2. The third kappa shape index (κ3) is 4.33. The van der Waals surface area contributed by atoms with Gasteiger partial charge in [0.2, 0.25) is 0 Å². The van der Waals surface area contributed by atoms with Gasteiger partial charge in [-0.1, -0.05) is 6.07 Å². The van der Waals surface area contributed by atoms with Gasteiger partial charge in [-0.3, -0.25) is 14.2 Å². The molecular weight excluding hydrogens is 457 g/mol. The van der Waals surface area contributed by atoms with E-state index >= 15 is 0 Å². The fourth-order valence-electron chi connectivity index (χ4n) is 5.00. The molecule has 1 saturated carbocycles. The predicted octanol–water partition coefficient (Wildman–Crippen LogP) is 4.73. The van der Waals surface area contributed by atoms with Gasteiger partial charge in [-0.05, 0) is 56.9 Å². The Balaban J connectivity index is 1.27. The molecular formula is C25H27F3N6O. The quantitative estimate of drug-likeness (QED) is 0.455. The van der Waals surface area contributed by atoms with Crippen LogP contribution in [0.2, 0.25) is 0 Å². The summed E-state index contributed by atoms with van der Waals surface area (Å²) in [5, 5.41) is 3.16. The van der Waals surface area contributed by atoms with Crippen molar-refractivity contribution in [2.45, 2.75) is 50.9 Å². The number of aromatic nitrogens is 4. The van der Waals surface area contributed by atoms with Crippen molar-refractivity contribution in [3.63, 3.8) is 0 Å². The van der Waals surface area contributed by atoms with E-state index in [0.29, 0.717) is 16.9 Å². The number of amides is 1. The van der Waals surface area contributed by atoms with Crippen molar-refractivity contribution >= 4 is 28.4 Å². The fraction of sp³-hybridized carbons (Fsp3) is 0.400. The van der Waals surface area contributed by atoms with Crippen molar-refractivity contribution in [3.05, 3.63) is 59.7 Å². The van der Waals surface area contributed by atoms with Crippen molar-refractivity contribution in [3.8, 4) is 0 Å². The number of pyridine rings is 2. The van der Waals surface area contributed by atoms with E-state index in [2.05, 4.69) is 15.3 Å². The molecule has 5 rings (SSSR count). The summed E-state index contributed by atoms with van der Waals surface area (Å²) in [6, 6.07) is 9.17. The zero-order chi connectivity index (χ0) is 24.9. The molecule has 0 spiro atoms. The van der Waals surface area contributed by atoms with Gasteiger partial charge in [0, 0.05) is 44.3 Å². The summed E-state index contributed by atoms with van der Waals surface area (Å²) in [6.45, 7) is 1.90. The molecule has 1 fully saturated rings. The number of rotatable bonds is 4. The van der Waals surface area contributed by atoms with Crippen LogP contribution in [0.25, 0.3) is 16.7 Å². The van der Waals surface area contributed by atoms with Crippen LogP contribution < -0.4 is 10.2 Å². The minimum Gasteiger partial charge on any atom is -0.358 e. The van der Waals surface area contributed by atoms with Crippen LogP contribution in [0.4, 0.5) is 19.0 Å². The van der Waals surface area contributed by atoms with Crippen molar-refractivity contribution in [2.75, 3.05) is 11.9 Å². The van der Waals surface area contributed by atoms with E-state index in [1.54, 1.807) is 18.2 Å². The number of alkyl halides is 3. The first kappa shape index (κ1) is 23.2. The van der Waals surface area contributed by atoms with E-state index in [1.165, 1.54) is 4.40 Å². The molecule has 4 aromatic rings. The number of carbonyl (C=O) groups is 1. The molecule has 1 aliphatic rings. The summed E-state index contributed by atoms with van der Waals surface area (Å²) in [7, 11) is 3.80. The van der Waals surface area contributed by atoms with Gasteiger partial charge in [-0.2, -0.15) is 13.2 Å². The topological polar surface area (TPSA) is 67.5 Å². The molecule has 0 unspecified atom stereocenters. The van der Waals surface area contributed by atoms with Gasteiger partial charge in [0.1, 0.15) is 17.0 Å². The molecule has 1 amide bonds. The highest BCUT2D eigenvalue weighted by Gasteiger charge is 2.34. The van der Waals surface area contributed by atoms with E-state index in [4.69, 9.17) is 0 Å². The molecule has 1 N–H and O–H groups in total. The molecule has 184 valence electrons. The second kappa shape index (κ2) is 8.58. The lowest BCUT2D eigenvalue weighted by atomic mass is 9.90. The number of hydrogen-bond acceptors (Lipinski definition) is 4. The average Bonchev–Trinajstić information content (AvgIpc) is 3.40. The molecule has 0 aliphatic heterocycles. The summed E-state index contributed by atoms with van der Waals surface area (Å²) in [5.41, 5.74) is 2.40. The van der Waals surface area contributed by atoms with Crippen LogP contribution in [0, 0.1) is 6.92 Å². The van der Waals surface area contributed by atoms with Crippen LogP contribution in [-0.4, -0.2) is 44.0 Å². The van der Waals surface area contributed by atoms with E-state index in [9.17, 15) is 18.0 Å². The van der Waals surface area contributed by atoms with Gasteiger partial charge in [0.15, 0.2) is 5.69 Å². The number of anilines is 1. The minimum atomic E-state index is -4.49. The molecule has 10 heteroatoms. The Bertz CT molecular complexity index is 1400. The maximum atomic E-state index is 13.2. The molecule has 0 atom stereocenters. The lowest BCUT2D eigenvalue weighted by Crippen LogP contribution is -2.43. The first-order chi connectivity index (χ1) is 16.6. The number of hydrogen-bond donors (Lipinski definition) is 1. The number of nitrogens with one attached hydrogen (secondary N) is 1. The van der Waals surface area contributed by atoms with Gasteiger partial charge in [-0.15, -0.1) is 0 Å². The van der Waals surface area contributed by atoms with Gasteiger partial charge >= 0.3 is 6.18 Å². The normalized spacial score (nSPS) is 18.8. The maximum absolute atomic E-state index is 13.2. The van der Waals surface area contributed by atoms with Crippen LogP contribution in [-0.2, 0) is 13.2 Å². The second-order valence-corrected chi connectivity index (χ2v) is 9.30.